The lowest BCUT2D eigenvalue weighted by Crippen LogP contribution is -1.79. The molecular formula is C14H12Cl2N4. The monoisotopic (exact) mass is 306 g/mol. The van der Waals surface area contributed by atoms with E-state index in [2.05, 4.69) is 20.5 Å². The third-order valence-electron chi connectivity index (χ3n) is 2.64. The molecule has 0 N–H and O–H groups in total. The Morgan fingerprint density at radius 2 is 1.10 bits per heavy atom. The molecule has 0 atom stereocenters. The van der Waals surface area contributed by atoms with Crippen molar-refractivity contribution in [2.24, 2.45) is 20.5 Å². The number of hydrogen-bond acceptors (Lipinski definition) is 4. The molecule has 0 heterocycles. The lowest BCUT2D eigenvalue weighted by atomic mass is 10.1. The molecule has 2 rings (SSSR count). The first-order valence-electron chi connectivity index (χ1n) is 5.85. The first-order chi connectivity index (χ1) is 9.65. The zero-order chi connectivity index (χ0) is 14.5. The van der Waals surface area contributed by atoms with Crippen LogP contribution in [0.5, 0.6) is 0 Å². The van der Waals surface area contributed by atoms with Crippen LogP contribution in [0.4, 0.5) is 11.4 Å². The van der Waals surface area contributed by atoms with Crippen LogP contribution in [0.2, 0.25) is 10.0 Å². The van der Waals surface area contributed by atoms with Crippen molar-refractivity contribution in [3.8, 4) is 11.1 Å². The highest BCUT2D eigenvalue weighted by Gasteiger charge is 2.06. The summed E-state index contributed by atoms with van der Waals surface area (Å²) in [5, 5.41) is 16.4. The Kier molecular flexibility index (Phi) is 4.82. The van der Waals surface area contributed by atoms with Crippen LogP contribution >= 0.6 is 23.2 Å². The van der Waals surface area contributed by atoms with Gasteiger partial charge in [0.1, 0.15) is 11.4 Å². The summed E-state index contributed by atoms with van der Waals surface area (Å²) < 4.78 is 0. The van der Waals surface area contributed by atoms with Crippen LogP contribution in [-0.4, -0.2) is 14.1 Å². The molecule has 0 aliphatic carbocycles. The standard InChI is InChI=1S/C14H12Cl2N4/c1-17-19-13-5-3-9(7-11(13)15)10-4-6-14(20-18-2)12(16)8-10/h3-8H,1-2H3. The molecule has 0 aliphatic rings. The zero-order valence-electron chi connectivity index (χ0n) is 11.0. The Morgan fingerprint density at radius 1 is 0.700 bits per heavy atom. The van der Waals surface area contributed by atoms with Gasteiger partial charge in [-0.05, 0) is 35.4 Å². The first-order valence-corrected chi connectivity index (χ1v) is 6.60. The van der Waals surface area contributed by atoms with Gasteiger partial charge in [0.25, 0.3) is 0 Å². The largest absolute Gasteiger partial charge is 0.192 e. The molecule has 0 aliphatic heterocycles. The van der Waals surface area contributed by atoms with E-state index in [0.717, 1.165) is 11.1 Å². The van der Waals surface area contributed by atoms with E-state index in [1.165, 1.54) is 0 Å². The molecule has 0 unspecified atom stereocenters. The van der Waals surface area contributed by atoms with Gasteiger partial charge in [0.2, 0.25) is 0 Å². The van der Waals surface area contributed by atoms with Crippen molar-refractivity contribution in [1.29, 1.82) is 0 Å². The minimum atomic E-state index is 0.543. The zero-order valence-corrected chi connectivity index (χ0v) is 12.5. The maximum atomic E-state index is 6.16. The van der Waals surface area contributed by atoms with Crippen molar-refractivity contribution in [3.63, 3.8) is 0 Å². The van der Waals surface area contributed by atoms with Crippen molar-refractivity contribution in [2.45, 2.75) is 0 Å². The van der Waals surface area contributed by atoms with Crippen LogP contribution < -0.4 is 0 Å². The Balaban J connectivity index is 2.42. The summed E-state index contributed by atoms with van der Waals surface area (Å²) in [4.78, 5) is 0. The molecule has 0 spiro atoms. The molecule has 0 fully saturated rings. The molecule has 4 nitrogen and oxygen atoms in total. The summed E-state index contributed by atoms with van der Waals surface area (Å²) in [7, 11) is 3.20. The minimum absolute atomic E-state index is 0.543. The van der Waals surface area contributed by atoms with Crippen molar-refractivity contribution < 1.29 is 0 Å². The quantitative estimate of drug-likeness (QED) is 0.616. The van der Waals surface area contributed by atoms with Gasteiger partial charge in [0, 0.05) is 14.1 Å². The summed E-state index contributed by atoms with van der Waals surface area (Å²) in [5.41, 5.74) is 3.18. The van der Waals surface area contributed by atoms with Crippen LogP contribution in [0.3, 0.4) is 0 Å². The van der Waals surface area contributed by atoms with Crippen molar-refractivity contribution >= 4 is 34.6 Å². The fraction of sp³-hybridized carbons (Fsp3) is 0.143. The molecule has 6 heteroatoms. The lowest BCUT2D eigenvalue weighted by Gasteiger charge is -2.05. The third kappa shape index (κ3) is 3.21. The molecule has 0 bridgehead atoms. The van der Waals surface area contributed by atoms with Crippen LogP contribution in [0.1, 0.15) is 0 Å². The van der Waals surface area contributed by atoms with Gasteiger partial charge < -0.3 is 0 Å². The molecule has 0 amide bonds. The van der Waals surface area contributed by atoms with Gasteiger partial charge >= 0.3 is 0 Å². The Bertz CT molecular complexity index is 621. The van der Waals surface area contributed by atoms with Gasteiger partial charge in [-0.25, -0.2) is 0 Å². The van der Waals surface area contributed by atoms with E-state index < -0.39 is 0 Å². The molecule has 0 aromatic heterocycles. The van der Waals surface area contributed by atoms with E-state index in [4.69, 9.17) is 23.2 Å². The van der Waals surface area contributed by atoms with Gasteiger partial charge in [-0.1, -0.05) is 35.3 Å². The first kappa shape index (κ1) is 14.6. The topological polar surface area (TPSA) is 49.4 Å². The normalized spacial score (nSPS) is 11.6. The summed E-state index contributed by atoms with van der Waals surface area (Å²) in [5.74, 6) is 0. The van der Waals surface area contributed by atoms with E-state index in [1.807, 2.05) is 36.4 Å². The summed E-state index contributed by atoms with van der Waals surface area (Å²) >= 11 is 12.3. The van der Waals surface area contributed by atoms with Gasteiger partial charge in [-0.3, -0.25) is 0 Å². The van der Waals surface area contributed by atoms with Crippen LogP contribution in [0.25, 0.3) is 11.1 Å². The highest BCUT2D eigenvalue weighted by atomic mass is 35.5. The fourth-order valence-corrected chi connectivity index (χ4v) is 2.19. The van der Waals surface area contributed by atoms with E-state index in [9.17, 15) is 0 Å². The molecule has 0 radical (unpaired) electrons. The van der Waals surface area contributed by atoms with Crippen molar-refractivity contribution in [2.75, 3.05) is 14.1 Å². The molecule has 2 aromatic carbocycles. The van der Waals surface area contributed by atoms with Gasteiger partial charge in [-0.15, -0.1) is 0 Å². The SMILES string of the molecule is CN=Nc1ccc(-c2ccc(N=NC)c(Cl)c2)cc1Cl. The number of rotatable bonds is 3. The molecule has 2 aromatic rings. The molecule has 20 heavy (non-hydrogen) atoms. The average molecular weight is 307 g/mol. The predicted octanol–water partition coefficient (Wildman–Crippen LogP) is 6.09. The van der Waals surface area contributed by atoms with Gasteiger partial charge in [0.15, 0.2) is 0 Å². The maximum Gasteiger partial charge on any atom is 0.104 e. The van der Waals surface area contributed by atoms with E-state index >= 15 is 0 Å². The van der Waals surface area contributed by atoms with E-state index in [-0.39, 0.29) is 0 Å². The summed E-state index contributed by atoms with van der Waals surface area (Å²) in [6.07, 6.45) is 0. The van der Waals surface area contributed by atoms with Crippen LogP contribution in [0, 0.1) is 0 Å². The minimum Gasteiger partial charge on any atom is -0.192 e. The highest BCUT2D eigenvalue weighted by molar-refractivity contribution is 6.34. The lowest BCUT2D eigenvalue weighted by molar-refractivity contribution is 1.17. The van der Waals surface area contributed by atoms with Crippen LogP contribution in [0.15, 0.2) is 56.9 Å². The summed E-state index contributed by atoms with van der Waals surface area (Å²) in [6, 6.07) is 11.1. The highest BCUT2D eigenvalue weighted by Crippen LogP contribution is 2.34. The Morgan fingerprint density at radius 3 is 1.40 bits per heavy atom. The van der Waals surface area contributed by atoms with Crippen molar-refractivity contribution in [3.05, 3.63) is 46.4 Å². The number of azo groups is 2. The van der Waals surface area contributed by atoms with Crippen molar-refractivity contribution in [1.82, 2.24) is 0 Å². The smallest absolute Gasteiger partial charge is 0.104 e. The number of halogens is 2. The Labute approximate surface area is 127 Å². The number of nitrogens with zero attached hydrogens (tertiary/aromatic N) is 4. The maximum absolute atomic E-state index is 6.16. The second kappa shape index (κ2) is 6.59. The average Bonchev–Trinajstić information content (AvgIpc) is 2.44. The number of benzene rings is 2. The van der Waals surface area contributed by atoms with E-state index in [0.29, 0.717) is 21.4 Å². The second-order valence-electron chi connectivity index (χ2n) is 3.93. The van der Waals surface area contributed by atoms with Gasteiger partial charge in [0.05, 0.1) is 10.0 Å². The summed E-state index contributed by atoms with van der Waals surface area (Å²) in [6.45, 7) is 0. The fourth-order valence-electron chi connectivity index (χ4n) is 1.75. The predicted molar refractivity (Wildman–Crippen MR) is 82.8 cm³/mol. The second-order valence-corrected chi connectivity index (χ2v) is 4.75. The van der Waals surface area contributed by atoms with E-state index in [1.54, 1.807) is 14.1 Å². The van der Waals surface area contributed by atoms with Crippen LogP contribution in [-0.2, 0) is 0 Å². The molecule has 0 saturated carbocycles. The molecular weight excluding hydrogens is 295 g/mol. The molecule has 102 valence electrons. The van der Waals surface area contributed by atoms with Gasteiger partial charge in [-0.2, -0.15) is 20.5 Å². The number of hydrogen-bond donors (Lipinski definition) is 0. The third-order valence-corrected chi connectivity index (χ3v) is 3.25. The Hall–Kier alpha value is -1.78. The molecule has 0 saturated heterocycles.